The molecule has 0 fully saturated rings. The Hall–Kier alpha value is 1.62. The minimum Gasteiger partial charge on any atom is -0.725 e. The molecule has 0 aromatic rings. The normalized spacial score (nSPS) is 11.8. The summed E-state index contributed by atoms with van der Waals surface area (Å²) in [5, 5.41) is 19.7. The third-order valence-electron chi connectivity index (χ3n) is 7.94. The van der Waals surface area contributed by atoms with Gasteiger partial charge in [-0.1, -0.05) is 155 Å². The van der Waals surface area contributed by atoms with Gasteiger partial charge in [0.25, 0.3) is 0 Å². The van der Waals surface area contributed by atoms with E-state index >= 15 is 0 Å². The Labute approximate surface area is 339 Å². The summed E-state index contributed by atoms with van der Waals surface area (Å²) in [6.07, 6.45) is 32.0. The number of unbranched alkanes of at least 4 members (excludes halogenated alkanes) is 22. The van der Waals surface area contributed by atoms with E-state index in [0.717, 1.165) is 12.8 Å². The SMILES string of the molecule is CCCCCCCCCCCCCCOCC(CO)(CO)COCCCCCCCCCCCCCC.O=S(=O)([O-])OS(=O)(=O)[O-].[Na+].[Na+]. The maximum atomic E-state index is 9.86. The van der Waals surface area contributed by atoms with Gasteiger partial charge in [-0.15, -0.1) is 0 Å². The van der Waals surface area contributed by atoms with E-state index in [9.17, 15) is 36.2 Å². The van der Waals surface area contributed by atoms with Crippen LogP contribution in [-0.2, 0) is 33.9 Å². The molecule has 0 rings (SSSR count). The average molecular weight is 751 g/mol. The van der Waals surface area contributed by atoms with Crippen LogP contribution in [0.5, 0.6) is 0 Å². The van der Waals surface area contributed by atoms with E-state index in [0.29, 0.717) is 26.4 Å². The summed E-state index contributed by atoms with van der Waals surface area (Å²) < 4.78 is 69.9. The zero-order chi connectivity index (χ0) is 34.8. The standard InChI is InChI=1S/C33H68O4.2Na.H2O7S2/c1-3-5-7-9-11-13-15-17-19-21-23-25-27-36-31-33(29-34,30-35)32-37-28-26-24-22-20-18-16-14-12-10-8-6-4-2;;;1-8(2,3)7-9(4,5)6/h34-35H,3-32H2,1-2H3;;;(H,1,2,3)(H,4,5,6)/q;2*+1;/p-2. The minimum absolute atomic E-state index is 0. The molecule has 0 radical (unpaired) electrons. The van der Waals surface area contributed by atoms with E-state index in [2.05, 4.69) is 17.5 Å². The molecule has 0 saturated heterocycles. The molecule has 11 nitrogen and oxygen atoms in total. The Morgan fingerprint density at radius 3 is 0.875 bits per heavy atom. The van der Waals surface area contributed by atoms with Crippen molar-refractivity contribution in [2.75, 3.05) is 39.6 Å². The summed E-state index contributed by atoms with van der Waals surface area (Å²) in [5.74, 6) is 0. The number of hydrogen-bond donors (Lipinski definition) is 2. The smallest absolute Gasteiger partial charge is 0.725 e. The van der Waals surface area contributed by atoms with Gasteiger partial charge in [0.1, 0.15) is 0 Å². The van der Waals surface area contributed by atoms with Gasteiger partial charge in [-0.05, 0) is 12.8 Å². The van der Waals surface area contributed by atoms with Crippen LogP contribution >= 0.6 is 0 Å². The van der Waals surface area contributed by atoms with Crippen LogP contribution in [0, 0.1) is 5.41 Å². The van der Waals surface area contributed by atoms with Gasteiger partial charge in [0.2, 0.25) is 20.8 Å². The number of aliphatic hydroxyl groups excluding tert-OH is 2. The maximum absolute atomic E-state index is 9.86. The molecule has 15 heteroatoms. The van der Waals surface area contributed by atoms with Gasteiger partial charge in [-0.3, -0.25) is 0 Å². The van der Waals surface area contributed by atoms with E-state index in [-0.39, 0.29) is 72.3 Å². The number of aliphatic hydroxyl groups is 2. The summed E-state index contributed by atoms with van der Waals surface area (Å²) in [7, 11) is -10.9. The van der Waals surface area contributed by atoms with Gasteiger partial charge in [0.05, 0.1) is 31.8 Å². The fourth-order valence-corrected chi connectivity index (χ4v) is 5.86. The van der Waals surface area contributed by atoms with Gasteiger partial charge < -0.3 is 28.8 Å². The molecule has 0 unspecified atom stereocenters. The van der Waals surface area contributed by atoms with E-state index in [1.54, 1.807) is 0 Å². The van der Waals surface area contributed by atoms with Crippen LogP contribution in [0.2, 0.25) is 0 Å². The minimum atomic E-state index is -5.43. The fourth-order valence-electron chi connectivity index (χ4n) is 5.04. The number of ether oxygens (including phenoxy) is 2. The average Bonchev–Trinajstić information content (AvgIpc) is 2.99. The first-order valence-corrected chi connectivity index (χ1v) is 20.6. The Bertz CT molecular complexity index is 781. The van der Waals surface area contributed by atoms with Crippen molar-refractivity contribution in [3.63, 3.8) is 0 Å². The molecule has 0 amide bonds. The van der Waals surface area contributed by atoms with Crippen LogP contribution < -0.4 is 59.1 Å². The van der Waals surface area contributed by atoms with Gasteiger partial charge in [-0.2, -0.15) is 3.63 Å². The second kappa shape index (κ2) is 39.8. The predicted molar refractivity (Wildman–Crippen MR) is 181 cm³/mol. The Balaban J connectivity index is -0.000000765. The molecule has 0 atom stereocenters. The summed E-state index contributed by atoms with van der Waals surface area (Å²) in [6, 6.07) is 0. The Kier molecular flexibility index (Phi) is 46.8. The van der Waals surface area contributed by atoms with Crippen molar-refractivity contribution in [3.8, 4) is 0 Å². The molecule has 0 saturated carbocycles. The molecule has 0 aromatic carbocycles. The van der Waals surface area contributed by atoms with Gasteiger partial charge in [0, 0.05) is 13.2 Å². The maximum Gasteiger partial charge on any atom is 1.00 e. The van der Waals surface area contributed by atoms with E-state index in [1.165, 1.54) is 141 Å². The Morgan fingerprint density at radius 2 is 0.688 bits per heavy atom. The molecule has 0 aromatic heterocycles. The van der Waals surface area contributed by atoms with Crippen LogP contribution in [0.15, 0.2) is 0 Å². The molecule has 0 bridgehead atoms. The molecule has 280 valence electrons. The van der Waals surface area contributed by atoms with Crippen LogP contribution in [0.1, 0.15) is 168 Å². The van der Waals surface area contributed by atoms with Gasteiger partial charge in [-0.25, -0.2) is 16.8 Å². The summed E-state index contributed by atoms with van der Waals surface area (Å²) >= 11 is 0. The van der Waals surface area contributed by atoms with Crippen molar-refractivity contribution in [1.82, 2.24) is 0 Å². The third-order valence-corrected chi connectivity index (χ3v) is 9.27. The second-order valence-corrected chi connectivity index (χ2v) is 14.8. The fraction of sp³-hybridized carbons (Fsp3) is 1.00. The van der Waals surface area contributed by atoms with Crippen molar-refractivity contribution < 1.29 is 108 Å². The first-order valence-electron chi connectivity index (χ1n) is 17.9. The van der Waals surface area contributed by atoms with Gasteiger partial charge >= 0.3 is 59.1 Å². The Morgan fingerprint density at radius 1 is 0.458 bits per heavy atom. The largest absolute Gasteiger partial charge is 1.00 e. The predicted octanol–water partition coefficient (Wildman–Crippen LogP) is 1.32. The molecule has 0 heterocycles. The first-order chi connectivity index (χ1) is 21.9. The van der Waals surface area contributed by atoms with Crippen LogP contribution in [0.4, 0.5) is 0 Å². The quantitative estimate of drug-likeness (QED) is 0.0419. The van der Waals surface area contributed by atoms with Crippen molar-refractivity contribution in [1.29, 1.82) is 0 Å². The second-order valence-electron chi connectivity index (χ2n) is 12.6. The first kappa shape index (κ1) is 56.4. The summed E-state index contributed by atoms with van der Waals surface area (Å²) in [6.45, 7) is 6.51. The summed E-state index contributed by atoms with van der Waals surface area (Å²) in [4.78, 5) is 0. The molecule has 2 N–H and O–H groups in total. The van der Waals surface area contributed by atoms with E-state index in [1.807, 2.05) is 0 Å². The summed E-state index contributed by atoms with van der Waals surface area (Å²) in [5.41, 5.74) is -0.672. The van der Waals surface area contributed by atoms with Crippen molar-refractivity contribution in [3.05, 3.63) is 0 Å². The van der Waals surface area contributed by atoms with E-state index < -0.39 is 26.2 Å². The van der Waals surface area contributed by atoms with Crippen LogP contribution in [0.25, 0.3) is 0 Å². The van der Waals surface area contributed by atoms with Crippen molar-refractivity contribution in [2.24, 2.45) is 5.41 Å². The van der Waals surface area contributed by atoms with Gasteiger partial charge in [0.15, 0.2) is 0 Å². The van der Waals surface area contributed by atoms with Crippen LogP contribution in [0.3, 0.4) is 0 Å². The molecule has 48 heavy (non-hydrogen) atoms. The number of hydrogen-bond acceptors (Lipinski definition) is 11. The van der Waals surface area contributed by atoms with E-state index in [4.69, 9.17) is 9.47 Å². The molecule has 0 aliphatic heterocycles. The third kappa shape index (κ3) is 45.6. The molecule has 0 spiro atoms. The van der Waals surface area contributed by atoms with Crippen molar-refractivity contribution in [2.45, 2.75) is 168 Å². The number of rotatable bonds is 34. The molecule has 0 aliphatic rings. The topological polar surface area (TPSA) is 183 Å². The zero-order valence-corrected chi connectivity index (χ0v) is 36.7. The monoisotopic (exact) mass is 750 g/mol. The molecular formula is C33H68Na2O11S2. The molecule has 0 aliphatic carbocycles. The van der Waals surface area contributed by atoms with Crippen molar-refractivity contribution >= 4 is 20.8 Å². The van der Waals surface area contributed by atoms with Crippen LogP contribution in [-0.4, -0.2) is 75.8 Å². The zero-order valence-electron chi connectivity index (χ0n) is 31.1. The molecular weight excluding hydrogens is 682 g/mol.